The van der Waals surface area contributed by atoms with Crippen molar-refractivity contribution in [3.63, 3.8) is 0 Å². The lowest BCUT2D eigenvalue weighted by Crippen LogP contribution is -2.51. The third kappa shape index (κ3) is 4.68. The lowest BCUT2D eigenvalue weighted by atomic mass is 9.76. The minimum absolute atomic E-state index is 0.0198. The third-order valence-electron chi connectivity index (χ3n) is 5.94. The van der Waals surface area contributed by atoms with Crippen molar-refractivity contribution in [3.8, 4) is 0 Å². The van der Waals surface area contributed by atoms with Crippen LogP contribution in [0.15, 0.2) is 0 Å². The fraction of sp³-hybridized carbons (Fsp3) is 0.944. The molecule has 5 heteroatoms. The van der Waals surface area contributed by atoms with Crippen molar-refractivity contribution >= 4 is 5.91 Å². The van der Waals surface area contributed by atoms with E-state index in [0.717, 1.165) is 70.9 Å². The minimum atomic E-state index is -0.0198. The van der Waals surface area contributed by atoms with Gasteiger partial charge in [-0.2, -0.15) is 0 Å². The number of likely N-dealkylation sites (N-methyl/N-ethyl adjacent to an activating group) is 1. The molecule has 3 fully saturated rings. The van der Waals surface area contributed by atoms with Crippen LogP contribution in [0.25, 0.3) is 0 Å². The van der Waals surface area contributed by atoms with Crippen LogP contribution in [-0.2, 0) is 4.79 Å². The van der Waals surface area contributed by atoms with Crippen molar-refractivity contribution in [3.05, 3.63) is 0 Å². The minimum Gasteiger partial charge on any atom is -0.396 e. The third-order valence-corrected chi connectivity index (χ3v) is 5.94. The van der Waals surface area contributed by atoms with Crippen LogP contribution in [-0.4, -0.2) is 85.2 Å². The molecule has 132 valence electrons. The molecule has 3 aliphatic rings. The Morgan fingerprint density at radius 3 is 2.70 bits per heavy atom. The Kier molecular flexibility index (Phi) is 5.60. The van der Waals surface area contributed by atoms with E-state index in [1.165, 1.54) is 12.8 Å². The molecule has 5 nitrogen and oxygen atoms in total. The van der Waals surface area contributed by atoms with Gasteiger partial charge in [0.2, 0.25) is 5.91 Å². The predicted octanol–water partition coefficient (Wildman–Crippen LogP) is 1.03. The summed E-state index contributed by atoms with van der Waals surface area (Å²) in [5.41, 5.74) is -0.0198. The van der Waals surface area contributed by atoms with Gasteiger partial charge in [-0.15, -0.1) is 0 Å². The number of hydrogen-bond donors (Lipinski definition) is 1. The number of piperidine rings is 1. The first-order valence-electron chi connectivity index (χ1n) is 9.40. The maximum absolute atomic E-state index is 12.8. The summed E-state index contributed by atoms with van der Waals surface area (Å²) in [6.07, 6.45) is 7.02. The van der Waals surface area contributed by atoms with Crippen LogP contribution in [0.4, 0.5) is 0 Å². The van der Waals surface area contributed by atoms with Crippen LogP contribution in [0.2, 0.25) is 0 Å². The van der Waals surface area contributed by atoms with E-state index in [9.17, 15) is 9.90 Å². The van der Waals surface area contributed by atoms with E-state index >= 15 is 0 Å². The Bertz CT molecular complexity index is 413. The van der Waals surface area contributed by atoms with Crippen molar-refractivity contribution in [2.24, 2.45) is 11.3 Å². The van der Waals surface area contributed by atoms with Gasteiger partial charge in [0, 0.05) is 31.6 Å². The summed E-state index contributed by atoms with van der Waals surface area (Å²) < 4.78 is 0. The monoisotopic (exact) mass is 323 g/mol. The molecule has 2 aliphatic heterocycles. The van der Waals surface area contributed by atoms with Crippen molar-refractivity contribution in [2.45, 2.75) is 38.5 Å². The molecular formula is C18H33N3O2. The molecule has 1 aliphatic carbocycles. The van der Waals surface area contributed by atoms with Crippen molar-refractivity contribution < 1.29 is 9.90 Å². The van der Waals surface area contributed by atoms with Gasteiger partial charge in [0.25, 0.3) is 0 Å². The molecular weight excluding hydrogens is 290 g/mol. The average molecular weight is 323 g/mol. The lowest BCUT2D eigenvalue weighted by molar-refractivity contribution is -0.137. The first-order chi connectivity index (χ1) is 11.1. The summed E-state index contributed by atoms with van der Waals surface area (Å²) in [5, 5.41) is 9.95. The highest BCUT2D eigenvalue weighted by atomic mass is 16.3. The Hall–Kier alpha value is -0.650. The molecule has 1 saturated carbocycles. The molecule has 1 atom stereocenters. The van der Waals surface area contributed by atoms with E-state index < -0.39 is 0 Å². The van der Waals surface area contributed by atoms with Gasteiger partial charge in [0.05, 0.1) is 13.2 Å². The lowest BCUT2D eigenvalue weighted by Gasteiger charge is -2.42. The molecule has 3 rings (SSSR count). The zero-order chi connectivity index (χ0) is 16.3. The van der Waals surface area contributed by atoms with E-state index in [0.29, 0.717) is 6.54 Å². The van der Waals surface area contributed by atoms with Gasteiger partial charge >= 0.3 is 0 Å². The smallest absolute Gasteiger partial charge is 0.236 e. The molecule has 0 radical (unpaired) electrons. The highest BCUT2D eigenvalue weighted by Gasteiger charge is 2.41. The predicted molar refractivity (Wildman–Crippen MR) is 91.2 cm³/mol. The van der Waals surface area contributed by atoms with E-state index in [1.807, 2.05) is 4.90 Å². The molecule has 2 heterocycles. The fourth-order valence-electron chi connectivity index (χ4n) is 4.26. The molecule has 0 unspecified atom stereocenters. The second-order valence-corrected chi connectivity index (χ2v) is 8.16. The quantitative estimate of drug-likeness (QED) is 0.821. The number of hydrogen-bond acceptors (Lipinski definition) is 4. The molecule has 0 aromatic rings. The topological polar surface area (TPSA) is 47.0 Å². The van der Waals surface area contributed by atoms with Gasteiger partial charge < -0.3 is 14.9 Å². The summed E-state index contributed by atoms with van der Waals surface area (Å²) in [4.78, 5) is 19.4. The van der Waals surface area contributed by atoms with Gasteiger partial charge in [-0.1, -0.05) is 12.8 Å². The molecule has 0 bridgehead atoms. The molecule has 0 aromatic carbocycles. The van der Waals surface area contributed by atoms with Crippen molar-refractivity contribution in [1.82, 2.24) is 14.7 Å². The second-order valence-electron chi connectivity index (χ2n) is 8.16. The average Bonchev–Trinajstić information content (AvgIpc) is 3.37. The van der Waals surface area contributed by atoms with E-state index in [4.69, 9.17) is 0 Å². The number of carbonyl (C=O) groups excluding carboxylic acids is 1. The van der Waals surface area contributed by atoms with Crippen LogP contribution < -0.4 is 0 Å². The SMILES string of the molecule is CN1CCCN(CC(=O)N2CCC[C@@](CO)(CC3CC3)C2)CC1. The Morgan fingerprint density at radius 2 is 1.96 bits per heavy atom. The number of aliphatic hydroxyl groups is 1. The second kappa shape index (κ2) is 7.49. The summed E-state index contributed by atoms with van der Waals surface area (Å²) in [6, 6.07) is 0. The number of likely N-dealkylation sites (tertiary alicyclic amines) is 1. The van der Waals surface area contributed by atoms with E-state index in [-0.39, 0.29) is 17.9 Å². The Balaban J connectivity index is 1.53. The number of amides is 1. The first kappa shape index (κ1) is 17.2. The first-order valence-corrected chi connectivity index (χ1v) is 9.40. The summed E-state index contributed by atoms with van der Waals surface area (Å²) in [6.45, 7) is 6.63. The normalized spacial score (nSPS) is 31.1. The molecule has 2 saturated heterocycles. The number of rotatable bonds is 5. The van der Waals surface area contributed by atoms with Crippen LogP contribution in [0.5, 0.6) is 0 Å². The summed E-state index contributed by atoms with van der Waals surface area (Å²) >= 11 is 0. The summed E-state index contributed by atoms with van der Waals surface area (Å²) in [5.74, 6) is 1.07. The fourth-order valence-corrected chi connectivity index (χ4v) is 4.26. The van der Waals surface area contributed by atoms with Crippen LogP contribution >= 0.6 is 0 Å². The number of aliphatic hydroxyl groups excluding tert-OH is 1. The largest absolute Gasteiger partial charge is 0.396 e. The van der Waals surface area contributed by atoms with Gasteiger partial charge in [-0.05, 0) is 51.7 Å². The van der Waals surface area contributed by atoms with Gasteiger partial charge in [-0.3, -0.25) is 9.69 Å². The number of nitrogens with zero attached hydrogens (tertiary/aromatic N) is 3. The van der Waals surface area contributed by atoms with Crippen molar-refractivity contribution in [2.75, 3.05) is 59.5 Å². The standard InChI is InChI=1S/C18H33N3O2/c1-19-7-3-8-20(11-10-19)13-17(23)21-9-2-6-18(14-21,15-22)12-16-4-5-16/h16,22H,2-15H2,1H3/t18-/m1/s1. The van der Waals surface area contributed by atoms with Gasteiger partial charge in [-0.25, -0.2) is 0 Å². The maximum atomic E-state index is 12.8. The molecule has 0 aromatic heterocycles. The van der Waals surface area contributed by atoms with Crippen LogP contribution in [0, 0.1) is 11.3 Å². The van der Waals surface area contributed by atoms with E-state index in [1.54, 1.807) is 0 Å². The van der Waals surface area contributed by atoms with Gasteiger partial charge in [0.15, 0.2) is 0 Å². The Labute approximate surface area is 140 Å². The zero-order valence-electron chi connectivity index (χ0n) is 14.7. The van der Waals surface area contributed by atoms with E-state index in [2.05, 4.69) is 16.8 Å². The molecule has 0 spiro atoms. The molecule has 1 N–H and O–H groups in total. The Morgan fingerprint density at radius 1 is 1.13 bits per heavy atom. The van der Waals surface area contributed by atoms with Crippen molar-refractivity contribution in [1.29, 1.82) is 0 Å². The highest BCUT2D eigenvalue weighted by Crippen LogP contribution is 2.44. The molecule has 23 heavy (non-hydrogen) atoms. The zero-order valence-corrected chi connectivity index (χ0v) is 14.7. The molecule has 1 amide bonds. The van der Waals surface area contributed by atoms with Crippen LogP contribution in [0.3, 0.4) is 0 Å². The highest BCUT2D eigenvalue weighted by molar-refractivity contribution is 5.78. The van der Waals surface area contributed by atoms with Crippen LogP contribution in [0.1, 0.15) is 38.5 Å². The maximum Gasteiger partial charge on any atom is 0.236 e. The van der Waals surface area contributed by atoms with Gasteiger partial charge in [0.1, 0.15) is 0 Å². The summed E-state index contributed by atoms with van der Waals surface area (Å²) in [7, 11) is 2.16. The number of carbonyl (C=O) groups is 1.